The standard InChI is InChI=1S/C26H18N8S2/c1-15-7-3-5-9-19(15)21-27-29-25-33(21)31-23(35-25)17-11-13-18(14-12-17)24-32-34-22(28-30-26(34)36-24)20-10-6-4-8-16(20)2/h3-14H,1-2H3. The molecule has 4 aromatic heterocycles. The van der Waals surface area contributed by atoms with E-state index in [-0.39, 0.29) is 0 Å². The highest BCUT2D eigenvalue weighted by Gasteiger charge is 2.18. The summed E-state index contributed by atoms with van der Waals surface area (Å²) in [6.07, 6.45) is 0. The highest BCUT2D eigenvalue weighted by molar-refractivity contribution is 7.20. The summed E-state index contributed by atoms with van der Waals surface area (Å²) in [5.74, 6) is 1.51. The molecule has 0 aliphatic heterocycles. The van der Waals surface area contributed by atoms with Gasteiger partial charge in [-0.25, -0.2) is 0 Å². The van der Waals surface area contributed by atoms with Gasteiger partial charge in [0.2, 0.25) is 9.92 Å². The lowest BCUT2D eigenvalue weighted by Crippen LogP contribution is -1.93. The highest BCUT2D eigenvalue weighted by atomic mass is 32.1. The molecule has 0 N–H and O–H groups in total. The summed E-state index contributed by atoms with van der Waals surface area (Å²) >= 11 is 3.04. The van der Waals surface area contributed by atoms with Crippen molar-refractivity contribution < 1.29 is 0 Å². The largest absolute Gasteiger partial charge is 0.235 e. The fourth-order valence-corrected chi connectivity index (χ4v) is 5.90. The molecule has 0 unspecified atom stereocenters. The van der Waals surface area contributed by atoms with Crippen molar-refractivity contribution in [1.29, 1.82) is 0 Å². The Bertz CT molecular complexity index is 1740. The van der Waals surface area contributed by atoms with E-state index in [9.17, 15) is 0 Å². The molecule has 4 heterocycles. The molecule has 0 fully saturated rings. The molecule has 36 heavy (non-hydrogen) atoms. The topological polar surface area (TPSA) is 86.2 Å². The molecule has 174 valence electrons. The molecule has 0 bridgehead atoms. The van der Waals surface area contributed by atoms with E-state index in [0.717, 1.165) is 65.0 Å². The number of fused-ring (bicyclic) bond motifs is 2. The molecular formula is C26H18N8S2. The van der Waals surface area contributed by atoms with Crippen LogP contribution in [0.2, 0.25) is 0 Å². The van der Waals surface area contributed by atoms with E-state index in [1.54, 1.807) is 0 Å². The van der Waals surface area contributed by atoms with Gasteiger partial charge in [0.05, 0.1) is 0 Å². The second-order valence-corrected chi connectivity index (χ2v) is 10.4. The number of rotatable bonds is 4. The number of aryl methyl sites for hydroxylation is 2. The third-order valence-electron chi connectivity index (χ3n) is 6.13. The van der Waals surface area contributed by atoms with Crippen LogP contribution in [0.1, 0.15) is 11.1 Å². The molecule has 0 radical (unpaired) electrons. The van der Waals surface area contributed by atoms with Gasteiger partial charge in [0.25, 0.3) is 0 Å². The fraction of sp³-hybridized carbons (Fsp3) is 0.0769. The molecule has 7 rings (SSSR count). The molecule has 0 amide bonds. The van der Waals surface area contributed by atoms with E-state index in [4.69, 9.17) is 10.2 Å². The van der Waals surface area contributed by atoms with Crippen LogP contribution in [0.25, 0.3) is 53.8 Å². The molecular weight excluding hydrogens is 488 g/mol. The SMILES string of the molecule is Cc1ccccc1-c1nnc2sc(-c3ccc(-c4nn5c(-c6ccccc6C)nnc5s4)cc3)nn12. The molecule has 0 aliphatic rings. The molecule has 0 atom stereocenters. The third kappa shape index (κ3) is 3.34. The Kier molecular flexibility index (Phi) is 4.76. The maximum Gasteiger partial charge on any atom is 0.235 e. The maximum atomic E-state index is 4.82. The van der Waals surface area contributed by atoms with Gasteiger partial charge in [-0.3, -0.25) is 0 Å². The van der Waals surface area contributed by atoms with Crippen molar-refractivity contribution in [3.05, 3.63) is 83.9 Å². The maximum absolute atomic E-state index is 4.82. The predicted molar refractivity (Wildman–Crippen MR) is 142 cm³/mol. The van der Waals surface area contributed by atoms with Gasteiger partial charge in [-0.15, -0.1) is 20.4 Å². The smallest absolute Gasteiger partial charge is 0.182 e. The van der Waals surface area contributed by atoms with E-state index in [1.165, 1.54) is 22.7 Å². The lowest BCUT2D eigenvalue weighted by molar-refractivity contribution is 0.967. The molecule has 7 aromatic rings. The Morgan fingerprint density at radius 2 is 0.944 bits per heavy atom. The van der Waals surface area contributed by atoms with E-state index in [2.05, 4.69) is 70.6 Å². The first kappa shape index (κ1) is 21.0. The summed E-state index contributed by atoms with van der Waals surface area (Å²) in [6, 6.07) is 24.6. The molecule has 0 saturated heterocycles. The molecule has 10 heteroatoms. The summed E-state index contributed by atoms with van der Waals surface area (Å²) < 4.78 is 3.65. The van der Waals surface area contributed by atoms with Gasteiger partial charge < -0.3 is 0 Å². The van der Waals surface area contributed by atoms with Crippen molar-refractivity contribution in [3.63, 3.8) is 0 Å². The van der Waals surface area contributed by atoms with Gasteiger partial charge >= 0.3 is 0 Å². The minimum atomic E-state index is 0.756. The van der Waals surface area contributed by atoms with Crippen LogP contribution < -0.4 is 0 Å². The van der Waals surface area contributed by atoms with Crippen LogP contribution in [0, 0.1) is 13.8 Å². The Hall–Kier alpha value is -4.28. The second-order valence-electron chi connectivity index (χ2n) is 8.46. The van der Waals surface area contributed by atoms with Gasteiger partial charge in [0, 0.05) is 22.3 Å². The minimum Gasteiger partial charge on any atom is -0.182 e. The van der Waals surface area contributed by atoms with Crippen LogP contribution in [0.3, 0.4) is 0 Å². The van der Waals surface area contributed by atoms with Crippen molar-refractivity contribution in [2.75, 3.05) is 0 Å². The van der Waals surface area contributed by atoms with E-state index < -0.39 is 0 Å². The molecule has 0 spiro atoms. The quantitative estimate of drug-likeness (QED) is 0.292. The van der Waals surface area contributed by atoms with E-state index in [1.807, 2.05) is 45.4 Å². The number of nitrogens with zero attached hydrogens (tertiary/aromatic N) is 8. The highest BCUT2D eigenvalue weighted by Crippen LogP contribution is 2.33. The van der Waals surface area contributed by atoms with Crippen molar-refractivity contribution >= 4 is 32.6 Å². The third-order valence-corrected chi connectivity index (χ3v) is 8.03. The van der Waals surface area contributed by atoms with Gasteiger partial charge in [-0.2, -0.15) is 19.2 Å². The zero-order chi connectivity index (χ0) is 24.2. The average molecular weight is 507 g/mol. The monoisotopic (exact) mass is 506 g/mol. The Labute approximate surface area is 213 Å². The first-order valence-corrected chi connectivity index (χ1v) is 13.0. The molecule has 0 saturated carbocycles. The van der Waals surface area contributed by atoms with Crippen molar-refractivity contribution in [2.45, 2.75) is 13.8 Å². The zero-order valence-electron chi connectivity index (χ0n) is 19.3. The predicted octanol–water partition coefficient (Wildman–Crippen LogP) is 5.97. The van der Waals surface area contributed by atoms with Gasteiger partial charge in [0.15, 0.2) is 11.6 Å². The van der Waals surface area contributed by atoms with Crippen LogP contribution in [0.5, 0.6) is 0 Å². The lowest BCUT2D eigenvalue weighted by Gasteiger charge is -2.02. The van der Waals surface area contributed by atoms with Crippen molar-refractivity contribution in [3.8, 4) is 43.9 Å². The van der Waals surface area contributed by atoms with Crippen LogP contribution in [0.4, 0.5) is 0 Å². The van der Waals surface area contributed by atoms with Crippen LogP contribution in [0.15, 0.2) is 72.8 Å². The minimum absolute atomic E-state index is 0.756. The molecule has 3 aromatic carbocycles. The van der Waals surface area contributed by atoms with Gasteiger partial charge in [-0.05, 0) is 25.0 Å². The number of aromatic nitrogens is 8. The summed E-state index contributed by atoms with van der Waals surface area (Å²) in [6.45, 7) is 4.14. The number of hydrogen-bond acceptors (Lipinski definition) is 8. The van der Waals surface area contributed by atoms with Crippen molar-refractivity contribution in [2.24, 2.45) is 0 Å². The fourth-order valence-electron chi connectivity index (χ4n) is 4.21. The van der Waals surface area contributed by atoms with Crippen LogP contribution in [-0.2, 0) is 0 Å². The van der Waals surface area contributed by atoms with E-state index >= 15 is 0 Å². The van der Waals surface area contributed by atoms with Crippen molar-refractivity contribution in [1.82, 2.24) is 39.6 Å². The number of benzene rings is 3. The summed E-state index contributed by atoms with van der Waals surface area (Å²) in [5.41, 5.74) is 6.39. The Balaban J connectivity index is 1.22. The summed E-state index contributed by atoms with van der Waals surface area (Å²) in [5, 5.41) is 28.8. The first-order chi connectivity index (χ1) is 17.7. The van der Waals surface area contributed by atoms with Gasteiger partial charge in [-0.1, -0.05) is 95.5 Å². The zero-order valence-corrected chi connectivity index (χ0v) is 21.0. The Morgan fingerprint density at radius 1 is 0.528 bits per heavy atom. The first-order valence-electron chi connectivity index (χ1n) is 11.3. The van der Waals surface area contributed by atoms with Crippen LogP contribution >= 0.6 is 22.7 Å². The number of hydrogen-bond donors (Lipinski definition) is 0. The molecule has 8 nitrogen and oxygen atoms in total. The van der Waals surface area contributed by atoms with Crippen LogP contribution in [-0.4, -0.2) is 39.6 Å². The average Bonchev–Trinajstić information content (AvgIpc) is 3.66. The summed E-state index contributed by atoms with van der Waals surface area (Å²) in [4.78, 5) is 1.54. The molecule has 0 aliphatic carbocycles. The Morgan fingerprint density at radius 3 is 1.36 bits per heavy atom. The lowest BCUT2D eigenvalue weighted by atomic mass is 10.1. The second kappa shape index (κ2) is 8.14. The van der Waals surface area contributed by atoms with E-state index in [0.29, 0.717) is 0 Å². The normalized spacial score (nSPS) is 11.6. The summed E-state index contributed by atoms with van der Waals surface area (Å²) in [7, 11) is 0. The van der Waals surface area contributed by atoms with Gasteiger partial charge in [0.1, 0.15) is 10.0 Å².